The van der Waals surface area contributed by atoms with Gasteiger partial charge < -0.3 is 4.74 Å². The van der Waals surface area contributed by atoms with Crippen molar-refractivity contribution in [2.24, 2.45) is 5.41 Å². The second-order valence-corrected chi connectivity index (χ2v) is 11.5. The third-order valence-electron chi connectivity index (χ3n) is 7.62. The zero-order valence-electron chi connectivity index (χ0n) is 25.1. The Morgan fingerprint density at radius 2 is 1.86 bits per heavy atom. The van der Waals surface area contributed by atoms with E-state index in [0.717, 1.165) is 24.0 Å². The van der Waals surface area contributed by atoms with Crippen LogP contribution >= 0.6 is 0 Å². The number of benzene rings is 1. The Balaban J connectivity index is 1.61. The van der Waals surface area contributed by atoms with E-state index in [9.17, 15) is 18.0 Å². The number of fused-ring (bicyclic) bond motifs is 1. The number of aromatic nitrogens is 5. The molecule has 42 heavy (non-hydrogen) atoms. The Morgan fingerprint density at radius 1 is 1.07 bits per heavy atom. The van der Waals surface area contributed by atoms with Gasteiger partial charge in [-0.1, -0.05) is 52.8 Å². The van der Waals surface area contributed by atoms with Crippen molar-refractivity contribution in [3.8, 4) is 11.3 Å². The minimum absolute atomic E-state index is 0.0183. The molecule has 0 aliphatic carbocycles. The molecular weight excluding hydrogens is 543 g/mol. The van der Waals surface area contributed by atoms with Crippen LogP contribution in [0.2, 0.25) is 0 Å². The van der Waals surface area contributed by atoms with Gasteiger partial charge in [-0.25, -0.2) is 4.98 Å². The van der Waals surface area contributed by atoms with Gasteiger partial charge in [-0.2, -0.15) is 18.3 Å². The lowest BCUT2D eigenvalue weighted by atomic mass is 9.90. The van der Waals surface area contributed by atoms with Gasteiger partial charge in [-0.15, -0.1) is 0 Å². The Labute approximate surface area is 245 Å². The largest absolute Gasteiger partial charge is 0.435 e. The van der Waals surface area contributed by atoms with Gasteiger partial charge in [0.2, 0.25) is 0 Å². The molecule has 226 valence electrons. The van der Waals surface area contributed by atoms with Crippen LogP contribution in [-0.4, -0.2) is 43.1 Å². The number of rotatable bonds is 14. The number of hydrogen-bond acceptors (Lipinski definition) is 5. The number of aryl methyl sites for hydroxylation is 1. The van der Waals surface area contributed by atoms with Crippen LogP contribution in [0.4, 0.5) is 13.2 Å². The molecule has 0 aliphatic rings. The van der Waals surface area contributed by atoms with Crippen LogP contribution in [0.5, 0.6) is 0 Å². The quantitative estimate of drug-likeness (QED) is 0.113. The molecule has 0 saturated heterocycles. The molecule has 4 aromatic rings. The molecular formula is C32H40F3N5O2. The first kappa shape index (κ1) is 31.4. The van der Waals surface area contributed by atoms with E-state index in [-0.39, 0.29) is 16.8 Å². The first-order valence-electron chi connectivity index (χ1n) is 14.7. The molecule has 10 heteroatoms. The topological polar surface area (TPSA) is 74.3 Å². The minimum atomic E-state index is -4.62. The van der Waals surface area contributed by atoms with E-state index in [1.807, 2.05) is 45.9 Å². The lowest BCUT2D eigenvalue weighted by Gasteiger charge is -2.22. The average Bonchev–Trinajstić information content (AvgIpc) is 3.57. The van der Waals surface area contributed by atoms with Crippen LogP contribution in [0.1, 0.15) is 93.2 Å². The monoisotopic (exact) mass is 583 g/mol. The third kappa shape index (κ3) is 7.27. The molecule has 0 spiro atoms. The minimum Gasteiger partial charge on any atom is -0.381 e. The van der Waals surface area contributed by atoms with Crippen molar-refractivity contribution in [1.82, 2.24) is 24.1 Å². The number of carbonyl (C=O) groups is 1. The van der Waals surface area contributed by atoms with Gasteiger partial charge >= 0.3 is 6.18 Å². The number of Topliss-reactive ketones (excluding diaryl/α,β-unsaturated/α-hetero) is 1. The second-order valence-electron chi connectivity index (χ2n) is 11.5. The van der Waals surface area contributed by atoms with E-state index < -0.39 is 11.9 Å². The molecule has 0 unspecified atom stereocenters. The number of alkyl halides is 3. The Morgan fingerprint density at radius 3 is 2.55 bits per heavy atom. The van der Waals surface area contributed by atoms with E-state index in [1.54, 1.807) is 16.8 Å². The van der Waals surface area contributed by atoms with Crippen LogP contribution in [0.25, 0.3) is 16.9 Å². The average molecular weight is 584 g/mol. The van der Waals surface area contributed by atoms with E-state index in [4.69, 9.17) is 4.74 Å². The Bertz CT molecular complexity index is 1520. The van der Waals surface area contributed by atoms with E-state index in [1.165, 1.54) is 17.1 Å². The van der Waals surface area contributed by atoms with Crippen LogP contribution in [-0.2, 0) is 30.3 Å². The molecule has 0 amide bonds. The highest BCUT2D eigenvalue weighted by Gasteiger charge is 2.38. The fraction of sp³-hybridized carbons (Fsp3) is 0.500. The van der Waals surface area contributed by atoms with Crippen LogP contribution in [0.3, 0.4) is 0 Å². The van der Waals surface area contributed by atoms with Gasteiger partial charge in [0.1, 0.15) is 0 Å². The van der Waals surface area contributed by atoms with Gasteiger partial charge in [0.05, 0.1) is 23.1 Å². The lowest BCUT2D eigenvalue weighted by molar-refractivity contribution is -0.141. The number of imidazole rings is 1. The van der Waals surface area contributed by atoms with E-state index in [0.29, 0.717) is 68.0 Å². The zero-order valence-corrected chi connectivity index (χ0v) is 25.1. The maximum atomic E-state index is 14.1. The summed E-state index contributed by atoms with van der Waals surface area (Å²) in [5.74, 6) is 0.0972. The second kappa shape index (κ2) is 13.2. The first-order valence-corrected chi connectivity index (χ1v) is 14.7. The number of carbonyl (C=O) groups excluding carboxylic acids is 1. The Kier molecular flexibility index (Phi) is 9.86. The number of ether oxygens (including phenoxy) is 1. The number of ketones is 1. The predicted molar refractivity (Wildman–Crippen MR) is 157 cm³/mol. The maximum absolute atomic E-state index is 14.1. The fourth-order valence-electron chi connectivity index (χ4n) is 4.98. The predicted octanol–water partition coefficient (Wildman–Crippen LogP) is 7.59. The SMILES string of the molecule is CCCOCCCC(=O)c1ccc(Cc2nccn3c(-c4cn(CC(C)(C)CC)nc4C(F)(F)F)cnc23)cc1CC. The highest BCUT2D eigenvalue weighted by Crippen LogP contribution is 2.37. The summed E-state index contributed by atoms with van der Waals surface area (Å²) in [7, 11) is 0. The normalized spacial score (nSPS) is 12.4. The summed E-state index contributed by atoms with van der Waals surface area (Å²) < 4.78 is 50.7. The van der Waals surface area contributed by atoms with Crippen molar-refractivity contribution in [3.63, 3.8) is 0 Å². The zero-order chi connectivity index (χ0) is 30.5. The van der Waals surface area contributed by atoms with Crippen molar-refractivity contribution in [3.05, 3.63) is 71.1 Å². The van der Waals surface area contributed by atoms with Crippen molar-refractivity contribution in [2.75, 3.05) is 13.2 Å². The van der Waals surface area contributed by atoms with Crippen LogP contribution < -0.4 is 0 Å². The summed E-state index contributed by atoms with van der Waals surface area (Å²) in [5, 5.41) is 3.94. The summed E-state index contributed by atoms with van der Waals surface area (Å²) in [6.07, 6.45) is 5.48. The molecule has 0 fully saturated rings. The molecule has 0 aliphatic heterocycles. The lowest BCUT2D eigenvalue weighted by Crippen LogP contribution is -2.19. The summed E-state index contributed by atoms with van der Waals surface area (Å²) in [6.45, 7) is 11.7. The van der Waals surface area contributed by atoms with Gasteiger partial charge in [0.25, 0.3) is 0 Å². The molecule has 0 N–H and O–H groups in total. The van der Waals surface area contributed by atoms with Crippen molar-refractivity contribution in [2.45, 2.75) is 85.9 Å². The molecule has 0 saturated carbocycles. The third-order valence-corrected chi connectivity index (χ3v) is 7.62. The summed E-state index contributed by atoms with van der Waals surface area (Å²) >= 11 is 0. The molecule has 3 heterocycles. The molecule has 0 radical (unpaired) electrons. The highest BCUT2D eigenvalue weighted by atomic mass is 19.4. The molecule has 4 rings (SSSR count). The van der Waals surface area contributed by atoms with E-state index in [2.05, 4.69) is 22.0 Å². The molecule has 0 bridgehead atoms. The molecule has 3 aromatic heterocycles. The summed E-state index contributed by atoms with van der Waals surface area (Å²) in [4.78, 5) is 21.9. The molecule has 1 aromatic carbocycles. The standard InChI is InChI=1S/C32H40F3N5O2/c1-6-15-42-16-9-10-28(41)24-12-11-22(17-23(24)7-2)18-26-30-37-19-27(40(30)14-13-36-26)25-20-39(21-31(4,5)8-3)38-29(25)32(33,34)35/h11-14,17,19-20H,6-10,15-16,18,21H2,1-5H3. The van der Waals surface area contributed by atoms with E-state index >= 15 is 0 Å². The number of nitrogens with zero attached hydrogens (tertiary/aromatic N) is 5. The Hall–Kier alpha value is -3.53. The number of halogens is 3. The van der Waals surface area contributed by atoms with Crippen molar-refractivity contribution in [1.29, 1.82) is 0 Å². The van der Waals surface area contributed by atoms with Crippen LogP contribution in [0, 0.1) is 5.41 Å². The van der Waals surface area contributed by atoms with Gasteiger partial charge in [-0.3, -0.25) is 18.9 Å². The maximum Gasteiger partial charge on any atom is 0.435 e. The van der Waals surface area contributed by atoms with Crippen molar-refractivity contribution < 1.29 is 22.7 Å². The summed E-state index contributed by atoms with van der Waals surface area (Å²) in [5.41, 5.74) is 2.89. The number of hydrogen-bond donors (Lipinski definition) is 0. The molecule has 0 atom stereocenters. The highest BCUT2D eigenvalue weighted by molar-refractivity contribution is 5.97. The smallest absolute Gasteiger partial charge is 0.381 e. The first-order chi connectivity index (χ1) is 20.0. The van der Waals surface area contributed by atoms with Crippen molar-refractivity contribution >= 4 is 11.4 Å². The van der Waals surface area contributed by atoms with Gasteiger partial charge in [0, 0.05) is 56.8 Å². The molecule has 7 nitrogen and oxygen atoms in total. The van der Waals surface area contributed by atoms with Gasteiger partial charge in [0.15, 0.2) is 17.1 Å². The summed E-state index contributed by atoms with van der Waals surface area (Å²) in [6, 6.07) is 5.79. The van der Waals surface area contributed by atoms with Crippen LogP contribution in [0.15, 0.2) is 43.0 Å². The fourth-order valence-corrected chi connectivity index (χ4v) is 4.98. The van der Waals surface area contributed by atoms with Gasteiger partial charge in [-0.05, 0) is 42.2 Å².